The minimum Gasteiger partial charge on any atom is -0.268 e. The predicted octanol–water partition coefficient (Wildman–Crippen LogP) is 3.39. The molecule has 3 nitrogen and oxygen atoms in total. The summed E-state index contributed by atoms with van der Waals surface area (Å²) >= 11 is 0. The number of hydrogen-bond acceptors (Lipinski definition) is 2. The predicted molar refractivity (Wildman–Crippen MR) is 69.9 cm³/mol. The fraction of sp³-hybridized carbons (Fsp3) is 0.714. The second-order valence-electron chi connectivity index (χ2n) is 6.55. The third-order valence-corrected chi connectivity index (χ3v) is 2.75. The first kappa shape index (κ1) is 13.8. The molecule has 1 heterocycles. The van der Waals surface area contributed by atoms with Gasteiger partial charge in [-0.05, 0) is 6.07 Å². The topological polar surface area (TPSA) is 41.6 Å². The van der Waals surface area contributed by atoms with Crippen LogP contribution in [0.25, 0.3) is 0 Å². The molecule has 0 radical (unpaired) electrons. The second kappa shape index (κ2) is 4.52. The summed E-state index contributed by atoms with van der Waals surface area (Å²) < 4.78 is 1.99. The molecular weight excluding hydrogens is 210 g/mol. The van der Waals surface area contributed by atoms with Crippen LogP contribution in [-0.2, 0) is 17.4 Å². The van der Waals surface area contributed by atoms with E-state index in [1.807, 2.05) is 4.68 Å². The van der Waals surface area contributed by atoms with Crippen molar-refractivity contribution in [3.63, 3.8) is 0 Å². The van der Waals surface area contributed by atoms with Crippen molar-refractivity contribution < 1.29 is 0 Å². The highest BCUT2D eigenvalue weighted by Crippen LogP contribution is 2.28. The monoisotopic (exact) mass is 233 g/mol. The van der Waals surface area contributed by atoms with Crippen molar-refractivity contribution in [2.45, 2.75) is 65.3 Å². The summed E-state index contributed by atoms with van der Waals surface area (Å²) in [5.74, 6) is 0. The van der Waals surface area contributed by atoms with E-state index in [1.54, 1.807) is 0 Å². The maximum Gasteiger partial charge on any atom is 0.0681 e. The lowest BCUT2D eigenvalue weighted by Gasteiger charge is -2.19. The van der Waals surface area contributed by atoms with Crippen molar-refractivity contribution in [1.29, 1.82) is 5.26 Å². The van der Waals surface area contributed by atoms with Crippen molar-refractivity contribution in [3.8, 4) is 6.07 Å². The van der Waals surface area contributed by atoms with Crippen LogP contribution in [0, 0.1) is 11.3 Å². The molecule has 0 N–H and O–H groups in total. The third kappa shape index (κ3) is 3.33. The van der Waals surface area contributed by atoms with Crippen molar-refractivity contribution >= 4 is 0 Å². The highest BCUT2D eigenvalue weighted by molar-refractivity contribution is 5.22. The van der Waals surface area contributed by atoms with Gasteiger partial charge in [0.25, 0.3) is 0 Å². The molecule has 0 aliphatic carbocycles. The molecule has 0 atom stereocenters. The number of rotatable bonds is 2. The molecule has 94 valence electrons. The first-order valence-corrected chi connectivity index (χ1v) is 6.12. The van der Waals surface area contributed by atoms with Gasteiger partial charge >= 0.3 is 0 Å². The van der Waals surface area contributed by atoms with Gasteiger partial charge in [0.1, 0.15) is 0 Å². The molecule has 0 aliphatic rings. The quantitative estimate of drug-likeness (QED) is 0.785. The average molecular weight is 233 g/mol. The van der Waals surface area contributed by atoms with E-state index >= 15 is 0 Å². The summed E-state index contributed by atoms with van der Waals surface area (Å²) in [6.07, 6.45) is 0.508. The lowest BCUT2D eigenvalue weighted by molar-refractivity contribution is 0.479. The highest BCUT2D eigenvalue weighted by atomic mass is 15.3. The van der Waals surface area contributed by atoms with Crippen LogP contribution in [0.3, 0.4) is 0 Å². The molecule has 0 aliphatic heterocycles. The minimum absolute atomic E-state index is 0.0535. The molecule has 0 unspecified atom stereocenters. The molecule has 3 heteroatoms. The Balaban J connectivity index is 3.18. The first-order valence-electron chi connectivity index (χ1n) is 6.12. The fourth-order valence-electron chi connectivity index (χ4n) is 1.71. The van der Waals surface area contributed by atoms with E-state index in [0.29, 0.717) is 13.0 Å². The summed E-state index contributed by atoms with van der Waals surface area (Å²) in [4.78, 5) is 0. The van der Waals surface area contributed by atoms with Crippen LogP contribution in [-0.4, -0.2) is 9.78 Å². The summed E-state index contributed by atoms with van der Waals surface area (Å²) in [5, 5.41) is 13.3. The number of nitriles is 1. The van der Waals surface area contributed by atoms with Gasteiger partial charge in [0.2, 0.25) is 0 Å². The highest BCUT2D eigenvalue weighted by Gasteiger charge is 2.25. The molecular formula is C14H23N3. The van der Waals surface area contributed by atoms with Crippen LogP contribution < -0.4 is 0 Å². The van der Waals surface area contributed by atoms with E-state index in [-0.39, 0.29) is 10.8 Å². The Kier molecular flexibility index (Phi) is 3.66. The lowest BCUT2D eigenvalue weighted by Crippen LogP contribution is -2.18. The Morgan fingerprint density at radius 3 is 2.18 bits per heavy atom. The molecule has 1 aromatic rings. The number of hydrogen-bond donors (Lipinski definition) is 0. The Hall–Kier alpha value is -1.30. The Bertz CT molecular complexity index is 422. The van der Waals surface area contributed by atoms with Gasteiger partial charge < -0.3 is 0 Å². The molecule has 0 bridgehead atoms. The summed E-state index contributed by atoms with van der Waals surface area (Å²) in [5.41, 5.74) is 2.42. The maximum atomic E-state index is 8.70. The number of nitrogens with zero attached hydrogens (tertiary/aromatic N) is 3. The van der Waals surface area contributed by atoms with Crippen LogP contribution in [0.5, 0.6) is 0 Å². The smallest absolute Gasteiger partial charge is 0.0681 e. The van der Waals surface area contributed by atoms with Gasteiger partial charge in [-0.2, -0.15) is 10.4 Å². The van der Waals surface area contributed by atoms with Gasteiger partial charge in [0.15, 0.2) is 0 Å². The van der Waals surface area contributed by atoms with Crippen LogP contribution in [0.1, 0.15) is 59.4 Å². The first-order chi connectivity index (χ1) is 7.66. The SMILES string of the molecule is CC(C)(C)c1cc(C(C)(C)C)n(CCC#N)n1. The molecule has 1 rings (SSSR count). The van der Waals surface area contributed by atoms with E-state index in [0.717, 1.165) is 5.69 Å². The summed E-state index contributed by atoms with van der Waals surface area (Å²) in [6, 6.07) is 4.36. The maximum absolute atomic E-state index is 8.70. The Labute approximate surface area is 104 Å². The zero-order valence-electron chi connectivity index (χ0n) is 11.8. The van der Waals surface area contributed by atoms with Crippen LogP contribution in [0.4, 0.5) is 0 Å². The van der Waals surface area contributed by atoms with Gasteiger partial charge in [-0.1, -0.05) is 41.5 Å². The fourth-order valence-corrected chi connectivity index (χ4v) is 1.71. The normalized spacial score (nSPS) is 12.5. The second-order valence-corrected chi connectivity index (χ2v) is 6.55. The molecule has 0 saturated heterocycles. The minimum atomic E-state index is 0.0535. The zero-order valence-corrected chi connectivity index (χ0v) is 11.8. The zero-order chi connectivity index (χ0) is 13.3. The van der Waals surface area contributed by atoms with Gasteiger partial charge in [0.05, 0.1) is 24.7 Å². The van der Waals surface area contributed by atoms with Crippen LogP contribution >= 0.6 is 0 Å². The molecule has 0 amide bonds. The number of aryl methyl sites for hydroxylation is 1. The van der Waals surface area contributed by atoms with E-state index in [9.17, 15) is 0 Å². The molecule has 0 aromatic carbocycles. The third-order valence-electron chi connectivity index (χ3n) is 2.75. The van der Waals surface area contributed by atoms with E-state index in [2.05, 4.69) is 58.8 Å². The summed E-state index contributed by atoms with van der Waals surface area (Å²) in [7, 11) is 0. The molecule has 0 spiro atoms. The molecule has 0 fully saturated rings. The standard InChI is InChI=1S/C14H23N3/c1-13(2,3)11-10-12(14(4,5)6)17(16-11)9-7-8-15/h10H,7,9H2,1-6H3. The molecule has 0 saturated carbocycles. The van der Waals surface area contributed by atoms with Crippen molar-refractivity contribution in [2.75, 3.05) is 0 Å². The Morgan fingerprint density at radius 1 is 1.18 bits per heavy atom. The van der Waals surface area contributed by atoms with Gasteiger partial charge in [-0.15, -0.1) is 0 Å². The van der Waals surface area contributed by atoms with Crippen molar-refractivity contribution in [1.82, 2.24) is 9.78 Å². The average Bonchev–Trinajstić information content (AvgIpc) is 2.56. The van der Waals surface area contributed by atoms with Gasteiger partial charge in [-0.3, -0.25) is 4.68 Å². The van der Waals surface area contributed by atoms with E-state index in [4.69, 9.17) is 5.26 Å². The largest absolute Gasteiger partial charge is 0.268 e. The Morgan fingerprint density at radius 2 is 1.76 bits per heavy atom. The van der Waals surface area contributed by atoms with Crippen LogP contribution in [0.2, 0.25) is 0 Å². The molecule has 17 heavy (non-hydrogen) atoms. The number of aromatic nitrogens is 2. The van der Waals surface area contributed by atoms with E-state index < -0.39 is 0 Å². The van der Waals surface area contributed by atoms with E-state index in [1.165, 1.54) is 5.69 Å². The van der Waals surface area contributed by atoms with Crippen LogP contribution in [0.15, 0.2) is 6.07 Å². The van der Waals surface area contributed by atoms with Crippen molar-refractivity contribution in [2.24, 2.45) is 0 Å². The summed E-state index contributed by atoms with van der Waals surface area (Å²) in [6.45, 7) is 13.7. The van der Waals surface area contributed by atoms with Crippen molar-refractivity contribution in [3.05, 3.63) is 17.5 Å². The molecule has 1 aromatic heterocycles. The lowest BCUT2D eigenvalue weighted by atomic mass is 9.88. The van der Waals surface area contributed by atoms with Gasteiger partial charge in [-0.25, -0.2) is 0 Å². The van der Waals surface area contributed by atoms with Gasteiger partial charge in [0, 0.05) is 16.5 Å².